The molecule has 0 atom stereocenters. The summed E-state index contributed by atoms with van der Waals surface area (Å²) in [6.45, 7) is 4.40. The Labute approximate surface area is 148 Å². The SMILES string of the molecule is CCC[C@H]1CC[C@H]([C@H]2CC[C@H](CCc3ncc(C)cn3)CC2)CC1. The first-order chi connectivity index (χ1) is 11.7. The van der Waals surface area contributed by atoms with Gasteiger partial charge < -0.3 is 0 Å². The van der Waals surface area contributed by atoms with Crippen LogP contribution in [0.4, 0.5) is 0 Å². The monoisotopic (exact) mass is 328 g/mol. The summed E-state index contributed by atoms with van der Waals surface area (Å²) < 4.78 is 0. The molecular weight excluding hydrogens is 292 g/mol. The molecule has 0 radical (unpaired) electrons. The molecule has 0 bridgehead atoms. The summed E-state index contributed by atoms with van der Waals surface area (Å²) in [6.07, 6.45) is 21.1. The molecule has 24 heavy (non-hydrogen) atoms. The third-order valence-electron chi connectivity index (χ3n) is 6.76. The summed E-state index contributed by atoms with van der Waals surface area (Å²) in [7, 11) is 0. The molecule has 134 valence electrons. The number of rotatable bonds is 6. The Morgan fingerprint density at radius 1 is 0.792 bits per heavy atom. The molecule has 2 aliphatic rings. The topological polar surface area (TPSA) is 25.8 Å². The minimum absolute atomic E-state index is 0.919. The van der Waals surface area contributed by atoms with Crippen molar-refractivity contribution in [2.24, 2.45) is 23.7 Å². The maximum Gasteiger partial charge on any atom is 0.128 e. The highest BCUT2D eigenvalue weighted by Crippen LogP contribution is 2.42. The Balaban J connectivity index is 1.36. The van der Waals surface area contributed by atoms with Crippen molar-refractivity contribution in [2.75, 3.05) is 0 Å². The second kappa shape index (κ2) is 8.97. The van der Waals surface area contributed by atoms with Gasteiger partial charge in [-0.15, -0.1) is 0 Å². The minimum Gasteiger partial charge on any atom is -0.241 e. The molecule has 1 aromatic rings. The number of aromatic nitrogens is 2. The van der Waals surface area contributed by atoms with Crippen LogP contribution >= 0.6 is 0 Å². The van der Waals surface area contributed by atoms with Crippen LogP contribution in [0.3, 0.4) is 0 Å². The minimum atomic E-state index is 0.919. The molecule has 0 saturated heterocycles. The van der Waals surface area contributed by atoms with E-state index in [0.29, 0.717) is 0 Å². The molecule has 2 fully saturated rings. The third kappa shape index (κ3) is 5.04. The van der Waals surface area contributed by atoms with Crippen LogP contribution in [-0.4, -0.2) is 9.97 Å². The fourth-order valence-electron chi connectivity index (χ4n) is 5.19. The molecule has 1 aromatic heterocycles. The van der Waals surface area contributed by atoms with E-state index in [2.05, 4.69) is 23.8 Å². The molecule has 0 N–H and O–H groups in total. The summed E-state index contributed by atoms with van der Waals surface area (Å²) in [5.74, 6) is 5.11. The van der Waals surface area contributed by atoms with Gasteiger partial charge in [-0.05, 0) is 68.3 Å². The van der Waals surface area contributed by atoms with Gasteiger partial charge in [0.2, 0.25) is 0 Å². The molecule has 3 rings (SSSR count). The van der Waals surface area contributed by atoms with Gasteiger partial charge in [-0.25, -0.2) is 9.97 Å². The van der Waals surface area contributed by atoms with Crippen LogP contribution in [0.5, 0.6) is 0 Å². The molecule has 0 aromatic carbocycles. The number of hydrogen-bond donors (Lipinski definition) is 0. The van der Waals surface area contributed by atoms with E-state index in [4.69, 9.17) is 0 Å². The van der Waals surface area contributed by atoms with Crippen LogP contribution in [0, 0.1) is 30.6 Å². The van der Waals surface area contributed by atoms with Crippen LogP contribution in [0.15, 0.2) is 12.4 Å². The summed E-state index contributed by atoms with van der Waals surface area (Å²) in [6, 6.07) is 0. The lowest BCUT2D eigenvalue weighted by Gasteiger charge is -2.38. The van der Waals surface area contributed by atoms with Gasteiger partial charge in [-0.1, -0.05) is 45.4 Å². The summed E-state index contributed by atoms with van der Waals surface area (Å²) >= 11 is 0. The average Bonchev–Trinajstić information content (AvgIpc) is 2.63. The quantitative estimate of drug-likeness (QED) is 0.627. The van der Waals surface area contributed by atoms with Crippen molar-refractivity contribution < 1.29 is 0 Å². The lowest BCUT2D eigenvalue weighted by molar-refractivity contribution is 0.141. The van der Waals surface area contributed by atoms with Gasteiger partial charge >= 0.3 is 0 Å². The van der Waals surface area contributed by atoms with Crippen LogP contribution in [0.2, 0.25) is 0 Å². The van der Waals surface area contributed by atoms with E-state index in [0.717, 1.165) is 41.5 Å². The molecule has 0 amide bonds. The van der Waals surface area contributed by atoms with Crippen molar-refractivity contribution in [1.29, 1.82) is 0 Å². The van der Waals surface area contributed by atoms with Crippen molar-refractivity contribution in [2.45, 2.75) is 90.9 Å². The second-order valence-corrected chi connectivity index (χ2v) is 8.57. The van der Waals surface area contributed by atoms with Gasteiger partial charge in [0.15, 0.2) is 0 Å². The molecule has 0 unspecified atom stereocenters. The van der Waals surface area contributed by atoms with E-state index in [9.17, 15) is 0 Å². The first-order valence-corrected chi connectivity index (χ1v) is 10.5. The van der Waals surface area contributed by atoms with Crippen LogP contribution in [0.25, 0.3) is 0 Å². The lowest BCUT2D eigenvalue weighted by Crippen LogP contribution is -2.26. The van der Waals surface area contributed by atoms with E-state index < -0.39 is 0 Å². The second-order valence-electron chi connectivity index (χ2n) is 8.57. The molecule has 2 heteroatoms. The summed E-state index contributed by atoms with van der Waals surface area (Å²) in [5.41, 5.74) is 1.16. The number of hydrogen-bond acceptors (Lipinski definition) is 2. The molecular formula is C22H36N2. The van der Waals surface area contributed by atoms with Gasteiger partial charge in [-0.3, -0.25) is 0 Å². The molecule has 2 aliphatic carbocycles. The summed E-state index contributed by atoms with van der Waals surface area (Å²) in [4.78, 5) is 8.92. The van der Waals surface area contributed by atoms with E-state index in [1.807, 2.05) is 12.4 Å². The van der Waals surface area contributed by atoms with E-state index in [1.54, 1.807) is 0 Å². The average molecular weight is 329 g/mol. The highest BCUT2D eigenvalue weighted by molar-refractivity contribution is 5.02. The fourth-order valence-corrected chi connectivity index (χ4v) is 5.19. The van der Waals surface area contributed by atoms with Crippen molar-refractivity contribution in [3.63, 3.8) is 0 Å². The molecule has 2 nitrogen and oxygen atoms in total. The maximum absolute atomic E-state index is 4.46. The highest BCUT2D eigenvalue weighted by Gasteiger charge is 2.30. The van der Waals surface area contributed by atoms with Crippen molar-refractivity contribution in [3.8, 4) is 0 Å². The Hall–Kier alpha value is -0.920. The Morgan fingerprint density at radius 3 is 1.79 bits per heavy atom. The third-order valence-corrected chi connectivity index (χ3v) is 6.76. The normalized spacial score (nSPS) is 31.1. The van der Waals surface area contributed by atoms with Gasteiger partial charge in [0.1, 0.15) is 5.82 Å². The van der Waals surface area contributed by atoms with Crippen molar-refractivity contribution >= 4 is 0 Å². The largest absolute Gasteiger partial charge is 0.241 e. The van der Waals surface area contributed by atoms with Crippen LogP contribution in [-0.2, 0) is 6.42 Å². The predicted octanol–water partition coefficient (Wildman–Crippen LogP) is 6.13. The zero-order chi connectivity index (χ0) is 16.8. The van der Waals surface area contributed by atoms with E-state index in [-0.39, 0.29) is 0 Å². The van der Waals surface area contributed by atoms with Crippen LogP contribution in [0.1, 0.15) is 88.9 Å². The number of nitrogens with zero attached hydrogens (tertiary/aromatic N) is 2. The van der Waals surface area contributed by atoms with Gasteiger partial charge in [0.05, 0.1) is 0 Å². The van der Waals surface area contributed by atoms with Crippen LogP contribution < -0.4 is 0 Å². The summed E-state index contributed by atoms with van der Waals surface area (Å²) in [5, 5.41) is 0. The highest BCUT2D eigenvalue weighted by atomic mass is 14.9. The zero-order valence-electron chi connectivity index (χ0n) is 15.8. The Morgan fingerprint density at radius 2 is 1.29 bits per heavy atom. The predicted molar refractivity (Wildman–Crippen MR) is 101 cm³/mol. The first kappa shape index (κ1) is 17.9. The fraction of sp³-hybridized carbons (Fsp3) is 0.818. The Bertz CT molecular complexity index is 465. The number of aryl methyl sites for hydroxylation is 2. The van der Waals surface area contributed by atoms with Gasteiger partial charge in [0, 0.05) is 18.8 Å². The molecule has 0 spiro atoms. The van der Waals surface area contributed by atoms with E-state index >= 15 is 0 Å². The van der Waals surface area contributed by atoms with Gasteiger partial charge in [0.25, 0.3) is 0 Å². The lowest BCUT2D eigenvalue weighted by atomic mass is 9.68. The zero-order valence-corrected chi connectivity index (χ0v) is 15.8. The standard InChI is InChI=1S/C22H36N2/c1-3-4-18-5-10-20(11-6-18)21-12-7-19(8-13-21)9-14-22-23-15-17(2)16-24-22/h15-16,18-21H,3-14H2,1-2H3/t18-,19-,20-,21-. The van der Waals surface area contributed by atoms with Crippen molar-refractivity contribution in [1.82, 2.24) is 9.97 Å². The van der Waals surface area contributed by atoms with E-state index in [1.165, 1.54) is 70.6 Å². The maximum atomic E-state index is 4.46. The smallest absolute Gasteiger partial charge is 0.128 e. The van der Waals surface area contributed by atoms with Gasteiger partial charge in [-0.2, -0.15) is 0 Å². The molecule has 0 aliphatic heterocycles. The van der Waals surface area contributed by atoms with Crippen molar-refractivity contribution in [3.05, 3.63) is 23.8 Å². The molecule has 2 saturated carbocycles. The first-order valence-electron chi connectivity index (χ1n) is 10.5. The molecule has 1 heterocycles. The Kier molecular flexibility index (Phi) is 6.68.